The molecule has 32 heavy (non-hydrogen) atoms. The molecule has 0 radical (unpaired) electrons. The Kier molecular flexibility index (Phi) is 7.27. The number of urea groups is 1. The Morgan fingerprint density at radius 1 is 1.09 bits per heavy atom. The lowest BCUT2D eigenvalue weighted by molar-refractivity contribution is -0.122. The molecule has 2 aromatic rings. The fourth-order valence-corrected chi connectivity index (χ4v) is 3.20. The molecule has 3 rings (SSSR count). The third kappa shape index (κ3) is 4.97. The number of imide groups is 2. The van der Waals surface area contributed by atoms with E-state index in [9.17, 15) is 19.2 Å². The predicted molar refractivity (Wildman–Crippen MR) is 119 cm³/mol. The molecule has 1 N–H and O–H groups in total. The van der Waals surface area contributed by atoms with Crippen LogP contribution in [0.2, 0.25) is 5.02 Å². The Morgan fingerprint density at radius 2 is 1.81 bits per heavy atom. The Bertz CT molecular complexity index is 1090. The van der Waals surface area contributed by atoms with Gasteiger partial charge in [-0.2, -0.15) is 0 Å². The van der Waals surface area contributed by atoms with Crippen molar-refractivity contribution in [3.05, 3.63) is 64.2 Å². The van der Waals surface area contributed by atoms with Crippen molar-refractivity contribution in [3.8, 4) is 5.75 Å². The molecule has 9 heteroatoms. The minimum Gasteiger partial charge on any atom is -0.492 e. The van der Waals surface area contributed by atoms with Crippen LogP contribution in [-0.2, 0) is 14.3 Å². The number of nitrogens with zero attached hydrogens (tertiary/aromatic N) is 1. The summed E-state index contributed by atoms with van der Waals surface area (Å²) in [5.41, 5.74) is 0.717. The van der Waals surface area contributed by atoms with Crippen LogP contribution < -0.4 is 15.0 Å². The minimum absolute atomic E-state index is 0.195. The van der Waals surface area contributed by atoms with E-state index in [-0.39, 0.29) is 23.4 Å². The van der Waals surface area contributed by atoms with Crippen LogP contribution in [0.15, 0.2) is 48.0 Å². The van der Waals surface area contributed by atoms with E-state index < -0.39 is 23.8 Å². The first kappa shape index (κ1) is 23.0. The summed E-state index contributed by atoms with van der Waals surface area (Å²) < 4.78 is 10.4. The molecule has 0 aromatic heterocycles. The molecule has 1 aliphatic rings. The van der Waals surface area contributed by atoms with Crippen LogP contribution in [0, 0.1) is 0 Å². The molecule has 1 heterocycles. The van der Waals surface area contributed by atoms with E-state index in [0.717, 1.165) is 11.3 Å². The molecular formula is C23H21ClN2O6. The van der Waals surface area contributed by atoms with Gasteiger partial charge in [-0.25, -0.2) is 14.5 Å². The van der Waals surface area contributed by atoms with Crippen molar-refractivity contribution < 1.29 is 28.7 Å². The van der Waals surface area contributed by atoms with Gasteiger partial charge in [0.2, 0.25) is 0 Å². The van der Waals surface area contributed by atoms with Crippen molar-refractivity contribution >= 4 is 47.2 Å². The Balaban J connectivity index is 1.88. The van der Waals surface area contributed by atoms with Gasteiger partial charge in [0.15, 0.2) is 0 Å². The van der Waals surface area contributed by atoms with Crippen molar-refractivity contribution in [2.75, 3.05) is 18.1 Å². The number of halogens is 1. The van der Waals surface area contributed by atoms with E-state index in [2.05, 4.69) is 5.32 Å². The molecule has 1 aliphatic heterocycles. The second kappa shape index (κ2) is 10.1. The Labute approximate surface area is 189 Å². The van der Waals surface area contributed by atoms with Crippen molar-refractivity contribution in [1.29, 1.82) is 0 Å². The summed E-state index contributed by atoms with van der Waals surface area (Å²) in [6.45, 7) is 4.39. The first-order chi connectivity index (χ1) is 15.3. The quantitative estimate of drug-likeness (QED) is 0.384. The molecule has 0 atom stereocenters. The first-order valence-electron chi connectivity index (χ1n) is 9.96. The van der Waals surface area contributed by atoms with Crippen molar-refractivity contribution in [2.45, 2.75) is 20.3 Å². The van der Waals surface area contributed by atoms with Crippen LogP contribution >= 0.6 is 11.6 Å². The van der Waals surface area contributed by atoms with E-state index >= 15 is 0 Å². The van der Waals surface area contributed by atoms with Gasteiger partial charge in [0, 0.05) is 0 Å². The van der Waals surface area contributed by atoms with Gasteiger partial charge < -0.3 is 9.47 Å². The topological polar surface area (TPSA) is 102 Å². The lowest BCUT2D eigenvalue weighted by Gasteiger charge is -2.26. The van der Waals surface area contributed by atoms with Crippen molar-refractivity contribution in [1.82, 2.24) is 5.32 Å². The van der Waals surface area contributed by atoms with Gasteiger partial charge in [-0.1, -0.05) is 24.6 Å². The van der Waals surface area contributed by atoms with Gasteiger partial charge >= 0.3 is 12.0 Å². The van der Waals surface area contributed by atoms with Crippen molar-refractivity contribution in [2.24, 2.45) is 0 Å². The first-order valence-corrected chi connectivity index (χ1v) is 10.3. The number of barbiturate groups is 1. The van der Waals surface area contributed by atoms with Crippen LogP contribution in [0.1, 0.15) is 36.2 Å². The largest absolute Gasteiger partial charge is 0.492 e. The molecule has 0 aliphatic carbocycles. The summed E-state index contributed by atoms with van der Waals surface area (Å²) in [5.74, 6) is -1.65. The summed E-state index contributed by atoms with van der Waals surface area (Å²) >= 11 is 6.22. The van der Waals surface area contributed by atoms with E-state index in [1.165, 1.54) is 30.3 Å². The van der Waals surface area contributed by atoms with Crippen molar-refractivity contribution in [3.63, 3.8) is 0 Å². The van der Waals surface area contributed by atoms with E-state index in [4.69, 9.17) is 21.1 Å². The summed E-state index contributed by atoms with van der Waals surface area (Å²) in [6.07, 6.45) is 2.17. The minimum atomic E-state index is -0.887. The van der Waals surface area contributed by atoms with Gasteiger partial charge in [-0.3, -0.25) is 14.9 Å². The monoisotopic (exact) mass is 456 g/mol. The normalized spacial score (nSPS) is 15.0. The zero-order chi connectivity index (χ0) is 23.3. The third-order valence-corrected chi connectivity index (χ3v) is 4.76. The summed E-state index contributed by atoms with van der Waals surface area (Å²) in [4.78, 5) is 50.3. The van der Waals surface area contributed by atoms with Gasteiger partial charge in [0.1, 0.15) is 11.3 Å². The number of esters is 1. The van der Waals surface area contributed by atoms with E-state index in [1.54, 1.807) is 25.1 Å². The van der Waals surface area contributed by atoms with E-state index in [1.807, 2.05) is 6.92 Å². The zero-order valence-corrected chi connectivity index (χ0v) is 18.3. The lowest BCUT2D eigenvalue weighted by atomic mass is 10.1. The highest BCUT2D eigenvalue weighted by molar-refractivity contribution is 6.39. The molecule has 1 saturated heterocycles. The van der Waals surface area contributed by atoms with Crippen LogP contribution in [0.3, 0.4) is 0 Å². The van der Waals surface area contributed by atoms with Gasteiger partial charge in [0.25, 0.3) is 11.8 Å². The average molecular weight is 457 g/mol. The second-order valence-corrected chi connectivity index (χ2v) is 7.17. The van der Waals surface area contributed by atoms with Gasteiger partial charge in [-0.15, -0.1) is 0 Å². The fourth-order valence-electron chi connectivity index (χ4n) is 2.96. The highest BCUT2D eigenvalue weighted by Gasteiger charge is 2.36. The molecule has 1 fully saturated rings. The van der Waals surface area contributed by atoms with Crippen LogP contribution in [0.25, 0.3) is 6.08 Å². The number of anilines is 1. The Hall–Kier alpha value is -3.65. The smallest absolute Gasteiger partial charge is 0.338 e. The number of ether oxygens (including phenoxy) is 2. The zero-order valence-electron chi connectivity index (χ0n) is 17.5. The van der Waals surface area contributed by atoms with Crippen LogP contribution in [-0.4, -0.2) is 37.0 Å². The van der Waals surface area contributed by atoms with E-state index in [0.29, 0.717) is 22.9 Å². The number of amides is 4. The standard InChI is InChI=1S/C23H21ClN2O6/c1-3-11-32-19-10-5-14(13-18(19)24)12-17-20(27)25-23(30)26(21(17)28)16-8-6-15(7-9-16)22(29)31-4-2/h5-10,12-13H,3-4,11H2,1-2H3,(H,25,27,30)/b17-12+. The fraction of sp³-hybridized carbons (Fsp3) is 0.217. The number of hydrogen-bond donors (Lipinski definition) is 1. The summed E-state index contributed by atoms with van der Waals surface area (Å²) in [7, 11) is 0. The number of rotatable bonds is 7. The molecule has 2 aromatic carbocycles. The SMILES string of the molecule is CCCOc1ccc(/C=C2\C(=O)NC(=O)N(c3ccc(C(=O)OCC)cc3)C2=O)cc1Cl. The lowest BCUT2D eigenvalue weighted by Crippen LogP contribution is -2.54. The molecule has 166 valence electrons. The number of benzene rings is 2. The summed E-state index contributed by atoms with van der Waals surface area (Å²) in [6, 6.07) is 9.69. The van der Waals surface area contributed by atoms with Crippen LogP contribution in [0.4, 0.5) is 10.5 Å². The molecule has 4 amide bonds. The maximum atomic E-state index is 13.0. The number of carbonyl (C=O) groups excluding carboxylic acids is 4. The molecule has 8 nitrogen and oxygen atoms in total. The maximum absolute atomic E-state index is 13.0. The second-order valence-electron chi connectivity index (χ2n) is 6.76. The number of carbonyl (C=O) groups is 4. The third-order valence-electron chi connectivity index (χ3n) is 4.47. The molecule has 0 unspecified atom stereocenters. The highest BCUT2D eigenvalue weighted by atomic mass is 35.5. The maximum Gasteiger partial charge on any atom is 0.338 e. The average Bonchev–Trinajstić information content (AvgIpc) is 2.76. The van der Waals surface area contributed by atoms with Gasteiger partial charge in [-0.05, 0) is 61.4 Å². The number of hydrogen-bond acceptors (Lipinski definition) is 6. The summed E-state index contributed by atoms with van der Waals surface area (Å²) in [5, 5.41) is 2.48. The molecular weight excluding hydrogens is 436 g/mol. The highest BCUT2D eigenvalue weighted by Crippen LogP contribution is 2.28. The number of nitrogens with one attached hydrogen (secondary N) is 1. The Morgan fingerprint density at radius 3 is 2.44 bits per heavy atom. The molecule has 0 spiro atoms. The van der Waals surface area contributed by atoms with Crippen LogP contribution in [0.5, 0.6) is 5.75 Å². The van der Waals surface area contributed by atoms with Gasteiger partial charge in [0.05, 0.1) is 29.5 Å². The molecule has 0 saturated carbocycles. The molecule has 0 bridgehead atoms. The predicted octanol–water partition coefficient (Wildman–Crippen LogP) is 3.97.